The summed E-state index contributed by atoms with van der Waals surface area (Å²) in [5.41, 5.74) is 1.23. The lowest BCUT2D eigenvalue weighted by atomic mass is 10.2. The third kappa shape index (κ3) is 6.22. The van der Waals surface area contributed by atoms with Crippen molar-refractivity contribution in [3.63, 3.8) is 0 Å². The third-order valence-electron chi connectivity index (χ3n) is 1.88. The minimum atomic E-state index is -3.16. The van der Waals surface area contributed by atoms with E-state index in [1.165, 1.54) is 5.56 Å². The molecule has 0 fully saturated rings. The van der Waals surface area contributed by atoms with Crippen LogP contribution in [0.1, 0.15) is 5.56 Å². The van der Waals surface area contributed by atoms with Crippen molar-refractivity contribution in [3.8, 4) is 0 Å². The van der Waals surface area contributed by atoms with Crippen molar-refractivity contribution in [2.75, 3.05) is 19.3 Å². The van der Waals surface area contributed by atoms with Gasteiger partial charge in [-0.05, 0) is 0 Å². The molecule has 0 radical (unpaired) electrons. The Morgan fingerprint density at radius 1 is 1.27 bits per heavy atom. The van der Waals surface area contributed by atoms with Gasteiger partial charge < -0.3 is 10.0 Å². The molecule has 0 saturated heterocycles. The quantitative estimate of drug-likeness (QED) is 0.701. The molecular weight excluding hydrogens is 212 g/mol. The summed E-state index contributed by atoms with van der Waals surface area (Å²) in [4.78, 5) is 0. The van der Waals surface area contributed by atoms with Gasteiger partial charge in [0.1, 0.15) is 6.54 Å². The van der Waals surface area contributed by atoms with Gasteiger partial charge >= 0.3 is 0 Å². The zero-order valence-electron chi connectivity index (χ0n) is 8.76. The van der Waals surface area contributed by atoms with Gasteiger partial charge in [-0.1, -0.05) is 36.9 Å². The van der Waals surface area contributed by atoms with E-state index >= 15 is 0 Å². The largest absolute Gasteiger partial charge is 0.545 e. The van der Waals surface area contributed by atoms with Crippen molar-refractivity contribution >= 4 is 10.0 Å². The van der Waals surface area contributed by atoms with Crippen molar-refractivity contribution in [1.29, 1.82) is 0 Å². The smallest absolute Gasteiger partial charge is 0.101 e. The molecule has 0 aliphatic heterocycles. The number of sulfonamides is 1. The summed E-state index contributed by atoms with van der Waals surface area (Å²) in [5, 5.41) is 2.05. The number of benzene rings is 1. The van der Waals surface area contributed by atoms with Crippen LogP contribution in [0.15, 0.2) is 30.3 Å². The highest BCUT2D eigenvalue weighted by Gasteiger charge is 1.92. The molecule has 84 valence electrons. The van der Waals surface area contributed by atoms with Gasteiger partial charge in [0.25, 0.3) is 0 Å². The Balaban J connectivity index is 2.13. The maximum atomic E-state index is 10.7. The number of nitrogens with two attached hydrogens (primary N) is 1. The highest BCUT2D eigenvalue weighted by Crippen LogP contribution is 1.95. The van der Waals surface area contributed by atoms with Crippen LogP contribution in [0.2, 0.25) is 0 Å². The lowest BCUT2D eigenvalue weighted by Gasteiger charge is -2.14. The zero-order chi connectivity index (χ0) is 11.1. The van der Waals surface area contributed by atoms with Crippen molar-refractivity contribution in [2.45, 2.75) is 6.54 Å². The highest BCUT2D eigenvalue weighted by atomic mass is 32.2. The molecular formula is C10H16N2O2S. The summed E-state index contributed by atoms with van der Waals surface area (Å²) in [6.45, 7) is 1.91. The highest BCUT2D eigenvalue weighted by molar-refractivity contribution is 7.93. The lowest BCUT2D eigenvalue weighted by molar-refractivity contribution is -0.667. The number of nitrogens with zero attached hydrogens (tertiary/aromatic N) is 1. The van der Waals surface area contributed by atoms with Gasteiger partial charge in [0.2, 0.25) is 0 Å². The second kappa shape index (κ2) is 5.85. The Hall–Kier alpha value is -0.910. The second-order valence-corrected chi connectivity index (χ2v) is 5.08. The van der Waals surface area contributed by atoms with Gasteiger partial charge in [0, 0.05) is 11.8 Å². The van der Waals surface area contributed by atoms with E-state index in [9.17, 15) is 8.42 Å². The van der Waals surface area contributed by atoms with Crippen molar-refractivity contribution < 1.29 is 13.7 Å². The van der Waals surface area contributed by atoms with Crippen LogP contribution in [0, 0.1) is 0 Å². The van der Waals surface area contributed by atoms with E-state index < -0.39 is 10.0 Å². The van der Waals surface area contributed by atoms with Crippen molar-refractivity contribution in [2.24, 2.45) is 0 Å². The summed E-state index contributed by atoms with van der Waals surface area (Å²) in [6.07, 6.45) is 1.12. The molecule has 0 aliphatic rings. The molecule has 15 heavy (non-hydrogen) atoms. The summed E-state index contributed by atoms with van der Waals surface area (Å²) in [6, 6.07) is 10.0. The first-order valence-corrected chi connectivity index (χ1v) is 6.67. The molecule has 0 amide bonds. The minimum absolute atomic E-state index is 0.353. The summed E-state index contributed by atoms with van der Waals surface area (Å²) in [5.74, 6) is 0. The Labute approximate surface area is 90.8 Å². The predicted molar refractivity (Wildman–Crippen MR) is 60.0 cm³/mol. The molecule has 2 N–H and O–H groups in total. The fraction of sp³-hybridized carbons (Fsp3) is 0.400. The van der Waals surface area contributed by atoms with E-state index in [4.69, 9.17) is 0 Å². The molecule has 0 saturated carbocycles. The molecule has 1 aromatic carbocycles. The molecule has 0 bridgehead atoms. The molecule has 1 rings (SSSR count). The molecule has 0 atom stereocenters. The monoisotopic (exact) mass is 228 g/mol. The molecule has 5 heteroatoms. The Bertz CT molecular complexity index is 376. The summed E-state index contributed by atoms with van der Waals surface area (Å²) >= 11 is 0. The van der Waals surface area contributed by atoms with Gasteiger partial charge in [-0.15, -0.1) is 0 Å². The second-order valence-electron chi connectivity index (χ2n) is 3.35. The van der Waals surface area contributed by atoms with Crippen LogP contribution in [-0.2, 0) is 16.6 Å². The molecule has 0 heterocycles. The Morgan fingerprint density at radius 3 is 2.53 bits per heavy atom. The van der Waals surface area contributed by atoms with E-state index in [1.54, 1.807) is 0 Å². The molecule has 0 spiro atoms. The minimum Gasteiger partial charge on any atom is -0.545 e. The van der Waals surface area contributed by atoms with Crippen LogP contribution in [0.25, 0.3) is 4.72 Å². The maximum Gasteiger partial charge on any atom is 0.101 e. The fourth-order valence-electron chi connectivity index (χ4n) is 1.19. The number of rotatable bonds is 6. The number of hydrogen-bond donors (Lipinski definition) is 1. The normalized spacial score (nSPS) is 11.5. The predicted octanol–water partition coefficient (Wildman–Crippen LogP) is 0.0833. The first-order chi connectivity index (χ1) is 7.08. The van der Waals surface area contributed by atoms with Gasteiger partial charge in [-0.3, -0.25) is 0 Å². The van der Waals surface area contributed by atoms with Gasteiger partial charge in [-0.25, -0.2) is 8.42 Å². The average Bonchev–Trinajstić information content (AvgIpc) is 2.17. The van der Waals surface area contributed by atoms with Crippen LogP contribution in [-0.4, -0.2) is 27.8 Å². The molecule has 0 aliphatic carbocycles. The molecule has 1 aromatic rings. The van der Waals surface area contributed by atoms with Crippen LogP contribution in [0.3, 0.4) is 0 Å². The van der Waals surface area contributed by atoms with Gasteiger partial charge in [-0.2, -0.15) is 0 Å². The van der Waals surface area contributed by atoms with Crippen LogP contribution in [0.4, 0.5) is 0 Å². The average molecular weight is 228 g/mol. The van der Waals surface area contributed by atoms with Gasteiger partial charge in [0.05, 0.1) is 16.6 Å². The number of quaternary nitrogens is 1. The van der Waals surface area contributed by atoms with Crippen LogP contribution >= 0.6 is 0 Å². The number of hydrogen-bond acceptors (Lipinski definition) is 2. The maximum absolute atomic E-state index is 10.7. The van der Waals surface area contributed by atoms with E-state index in [0.29, 0.717) is 13.1 Å². The van der Waals surface area contributed by atoms with Gasteiger partial charge in [0.15, 0.2) is 0 Å². The first-order valence-electron chi connectivity index (χ1n) is 4.82. The van der Waals surface area contributed by atoms with Crippen molar-refractivity contribution in [3.05, 3.63) is 40.6 Å². The summed E-state index contributed by atoms with van der Waals surface area (Å²) in [7, 11) is -3.16. The van der Waals surface area contributed by atoms with Crippen molar-refractivity contribution in [1.82, 2.24) is 0 Å². The lowest BCUT2D eigenvalue weighted by Crippen LogP contribution is -2.83. The third-order valence-corrected chi connectivity index (χ3v) is 2.53. The van der Waals surface area contributed by atoms with E-state index in [-0.39, 0.29) is 0 Å². The zero-order valence-corrected chi connectivity index (χ0v) is 9.57. The summed E-state index contributed by atoms with van der Waals surface area (Å²) < 4.78 is 24.9. The molecule has 4 nitrogen and oxygen atoms in total. The van der Waals surface area contributed by atoms with E-state index in [0.717, 1.165) is 12.8 Å². The fourth-order valence-corrected chi connectivity index (χ4v) is 1.63. The first kappa shape index (κ1) is 12.2. The SMILES string of the molecule is CS(=O)(=O)[N-]CC[NH2+]Cc1ccccc1. The Kier molecular flexibility index (Phi) is 4.74. The van der Waals surface area contributed by atoms with Crippen LogP contribution < -0.4 is 5.32 Å². The Morgan fingerprint density at radius 2 is 1.93 bits per heavy atom. The van der Waals surface area contributed by atoms with Crippen LogP contribution in [0.5, 0.6) is 0 Å². The molecule has 0 aromatic heterocycles. The molecule has 0 unspecified atom stereocenters. The topological polar surface area (TPSA) is 64.8 Å². The van der Waals surface area contributed by atoms with E-state index in [1.807, 2.05) is 35.6 Å². The standard InChI is InChI=1S/C10H15N2O2S/c1-15(13,14)12-8-7-11-9-10-5-3-2-4-6-10/h2-6,11H,7-9H2,1H3/q-1/p+1. The van der Waals surface area contributed by atoms with E-state index in [2.05, 4.69) is 4.72 Å².